The first-order valence-corrected chi connectivity index (χ1v) is 5.03. The van der Waals surface area contributed by atoms with Crippen molar-refractivity contribution < 1.29 is 4.79 Å². The largest absolute Gasteiger partial charge is 0.347 e. The molecule has 0 saturated carbocycles. The van der Waals surface area contributed by atoms with Crippen LogP contribution in [0.15, 0.2) is 0 Å². The molecule has 0 heterocycles. The SMILES string of the molecule is CCC(C(=O)N(C)C)N(CC)CC. The molecule has 0 aromatic heterocycles. The molecule has 78 valence electrons. The van der Waals surface area contributed by atoms with Gasteiger partial charge in [-0.25, -0.2) is 0 Å². The number of hydrogen-bond donors (Lipinski definition) is 0. The molecule has 0 N–H and O–H groups in total. The lowest BCUT2D eigenvalue weighted by Gasteiger charge is -2.29. The second-order valence-electron chi connectivity index (χ2n) is 3.38. The van der Waals surface area contributed by atoms with Crippen molar-refractivity contribution in [1.82, 2.24) is 9.80 Å². The second kappa shape index (κ2) is 5.97. The van der Waals surface area contributed by atoms with Crippen LogP contribution in [0.4, 0.5) is 0 Å². The standard InChI is InChI=1S/C10H22N2O/c1-6-9(10(13)11(4)5)12(7-2)8-3/h9H,6-8H2,1-5H3. The van der Waals surface area contributed by atoms with E-state index in [2.05, 4.69) is 25.7 Å². The maximum Gasteiger partial charge on any atom is 0.239 e. The van der Waals surface area contributed by atoms with E-state index in [1.807, 2.05) is 14.1 Å². The van der Waals surface area contributed by atoms with E-state index in [0.29, 0.717) is 0 Å². The maximum absolute atomic E-state index is 11.7. The Morgan fingerprint density at radius 1 is 1.15 bits per heavy atom. The van der Waals surface area contributed by atoms with Crippen LogP contribution < -0.4 is 0 Å². The van der Waals surface area contributed by atoms with Gasteiger partial charge in [0, 0.05) is 14.1 Å². The summed E-state index contributed by atoms with van der Waals surface area (Å²) >= 11 is 0. The summed E-state index contributed by atoms with van der Waals surface area (Å²) < 4.78 is 0. The summed E-state index contributed by atoms with van der Waals surface area (Å²) in [7, 11) is 3.63. The quantitative estimate of drug-likeness (QED) is 0.644. The topological polar surface area (TPSA) is 23.6 Å². The average molecular weight is 186 g/mol. The van der Waals surface area contributed by atoms with Gasteiger partial charge in [-0.2, -0.15) is 0 Å². The predicted molar refractivity (Wildman–Crippen MR) is 55.7 cm³/mol. The molecule has 13 heavy (non-hydrogen) atoms. The van der Waals surface area contributed by atoms with Crippen molar-refractivity contribution >= 4 is 5.91 Å². The summed E-state index contributed by atoms with van der Waals surface area (Å²) in [6.07, 6.45) is 0.888. The molecule has 1 unspecified atom stereocenters. The van der Waals surface area contributed by atoms with E-state index in [-0.39, 0.29) is 11.9 Å². The van der Waals surface area contributed by atoms with Crippen molar-refractivity contribution in [3.05, 3.63) is 0 Å². The lowest BCUT2D eigenvalue weighted by atomic mass is 10.1. The van der Waals surface area contributed by atoms with Crippen LogP contribution in [0.1, 0.15) is 27.2 Å². The third-order valence-corrected chi connectivity index (χ3v) is 2.37. The van der Waals surface area contributed by atoms with E-state index in [4.69, 9.17) is 0 Å². The molecule has 0 aliphatic heterocycles. The van der Waals surface area contributed by atoms with Crippen molar-refractivity contribution in [2.45, 2.75) is 33.2 Å². The number of carbonyl (C=O) groups excluding carboxylic acids is 1. The molecule has 0 rings (SSSR count). The van der Waals surface area contributed by atoms with Crippen LogP contribution in [0.2, 0.25) is 0 Å². The van der Waals surface area contributed by atoms with Crippen LogP contribution in [0.3, 0.4) is 0 Å². The number of rotatable bonds is 5. The number of carbonyl (C=O) groups is 1. The molecule has 1 atom stereocenters. The molecule has 0 aliphatic carbocycles. The summed E-state index contributed by atoms with van der Waals surface area (Å²) in [5.74, 6) is 0.214. The molecule has 0 aliphatic rings. The molecule has 0 radical (unpaired) electrons. The zero-order valence-corrected chi connectivity index (χ0v) is 9.50. The molecular formula is C10H22N2O. The van der Waals surface area contributed by atoms with Crippen LogP contribution in [0.5, 0.6) is 0 Å². The molecule has 0 spiro atoms. The minimum Gasteiger partial charge on any atom is -0.347 e. The van der Waals surface area contributed by atoms with E-state index in [9.17, 15) is 4.79 Å². The van der Waals surface area contributed by atoms with Crippen molar-refractivity contribution in [2.24, 2.45) is 0 Å². The van der Waals surface area contributed by atoms with Crippen LogP contribution in [-0.2, 0) is 4.79 Å². The molecule has 0 bridgehead atoms. The monoisotopic (exact) mass is 186 g/mol. The highest BCUT2D eigenvalue weighted by molar-refractivity contribution is 5.81. The van der Waals surface area contributed by atoms with Gasteiger partial charge in [0.2, 0.25) is 5.91 Å². The van der Waals surface area contributed by atoms with Crippen LogP contribution in [0.25, 0.3) is 0 Å². The number of hydrogen-bond acceptors (Lipinski definition) is 2. The van der Waals surface area contributed by atoms with Crippen LogP contribution in [-0.4, -0.2) is 48.9 Å². The van der Waals surface area contributed by atoms with Crippen molar-refractivity contribution in [3.8, 4) is 0 Å². The van der Waals surface area contributed by atoms with E-state index in [0.717, 1.165) is 19.5 Å². The summed E-state index contributed by atoms with van der Waals surface area (Å²) in [5, 5.41) is 0. The highest BCUT2D eigenvalue weighted by Crippen LogP contribution is 2.06. The van der Waals surface area contributed by atoms with Crippen molar-refractivity contribution in [1.29, 1.82) is 0 Å². The Balaban J connectivity index is 4.38. The van der Waals surface area contributed by atoms with E-state index >= 15 is 0 Å². The van der Waals surface area contributed by atoms with Crippen LogP contribution in [0, 0.1) is 0 Å². The normalized spacial score (nSPS) is 13.1. The zero-order valence-electron chi connectivity index (χ0n) is 9.50. The van der Waals surface area contributed by atoms with Gasteiger partial charge in [0.05, 0.1) is 6.04 Å². The Morgan fingerprint density at radius 3 is 1.85 bits per heavy atom. The number of nitrogens with zero attached hydrogens (tertiary/aromatic N) is 2. The Morgan fingerprint density at radius 2 is 1.62 bits per heavy atom. The van der Waals surface area contributed by atoms with Gasteiger partial charge in [-0.3, -0.25) is 9.69 Å². The maximum atomic E-state index is 11.7. The van der Waals surface area contributed by atoms with Gasteiger partial charge >= 0.3 is 0 Å². The Bertz CT molecular complexity index is 153. The van der Waals surface area contributed by atoms with Gasteiger partial charge in [-0.1, -0.05) is 20.8 Å². The van der Waals surface area contributed by atoms with Gasteiger partial charge in [0.15, 0.2) is 0 Å². The summed E-state index contributed by atoms with van der Waals surface area (Å²) in [6, 6.07) is 0.0602. The highest BCUT2D eigenvalue weighted by atomic mass is 16.2. The van der Waals surface area contributed by atoms with Crippen LogP contribution >= 0.6 is 0 Å². The van der Waals surface area contributed by atoms with Gasteiger partial charge in [0.1, 0.15) is 0 Å². The predicted octanol–water partition coefficient (Wildman–Crippen LogP) is 1.19. The molecular weight excluding hydrogens is 164 g/mol. The van der Waals surface area contributed by atoms with Gasteiger partial charge in [0.25, 0.3) is 0 Å². The lowest BCUT2D eigenvalue weighted by Crippen LogP contribution is -2.45. The average Bonchev–Trinajstić information content (AvgIpc) is 2.12. The minimum absolute atomic E-state index is 0.0602. The summed E-state index contributed by atoms with van der Waals surface area (Å²) in [6.45, 7) is 8.12. The fourth-order valence-corrected chi connectivity index (χ4v) is 1.55. The molecule has 0 aromatic carbocycles. The van der Waals surface area contributed by atoms with Crippen molar-refractivity contribution in [3.63, 3.8) is 0 Å². The third kappa shape index (κ3) is 3.35. The van der Waals surface area contributed by atoms with Gasteiger partial charge < -0.3 is 4.90 Å². The summed E-state index contributed by atoms with van der Waals surface area (Å²) in [5.41, 5.74) is 0. The van der Waals surface area contributed by atoms with E-state index in [1.165, 1.54) is 0 Å². The highest BCUT2D eigenvalue weighted by Gasteiger charge is 2.22. The second-order valence-corrected chi connectivity index (χ2v) is 3.38. The lowest BCUT2D eigenvalue weighted by molar-refractivity contribution is -0.134. The smallest absolute Gasteiger partial charge is 0.239 e. The first kappa shape index (κ1) is 12.4. The van der Waals surface area contributed by atoms with Gasteiger partial charge in [-0.05, 0) is 19.5 Å². The molecule has 0 fully saturated rings. The fraction of sp³-hybridized carbons (Fsp3) is 0.900. The molecule has 3 heteroatoms. The summed E-state index contributed by atoms with van der Waals surface area (Å²) in [4.78, 5) is 15.6. The molecule has 0 aromatic rings. The van der Waals surface area contributed by atoms with E-state index < -0.39 is 0 Å². The molecule has 0 saturated heterocycles. The first-order chi connectivity index (χ1) is 6.08. The Hall–Kier alpha value is -0.570. The third-order valence-electron chi connectivity index (χ3n) is 2.37. The molecule has 3 nitrogen and oxygen atoms in total. The number of amides is 1. The molecule has 1 amide bonds. The van der Waals surface area contributed by atoms with Crippen molar-refractivity contribution in [2.75, 3.05) is 27.2 Å². The van der Waals surface area contributed by atoms with E-state index in [1.54, 1.807) is 4.90 Å². The Labute approximate surface area is 81.7 Å². The van der Waals surface area contributed by atoms with Gasteiger partial charge in [-0.15, -0.1) is 0 Å². The number of likely N-dealkylation sites (N-methyl/N-ethyl adjacent to an activating group) is 2. The Kier molecular flexibility index (Phi) is 5.71. The minimum atomic E-state index is 0.0602. The fourth-order valence-electron chi connectivity index (χ4n) is 1.55. The first-order valence-electron chi connectivity index (χ1n) is 5.03. The zero-order chi connectivity index (χ0) is 10.4.